The van der Waals surface area contributed by atoms with Crippen molar-refractivity contribution in [2.24, 2.45) is 26.9 Å². The van der Waals surface area contributed by atoms with Crippen molar-refractivity contribution in [1.29, 1.82) is 5.41 Å². The number of nitrogens with one attached hydrogen (secondary N) is 5. The van der Waals surface area contributed by atoms with Crippen LogP contribution in [0.4, 0.5) is 17.1 Å². The highest BCUT2D eigenvalue weighted by molar-refractivity contribution is 6.10. The van der Waals surface area contributed by atoms with Crippen molar-refractivity contribution < 1.29 is 28.7 Å². The molecule has 0 bridgehead atoms. The van der Waals surface area contributed by atoms with Crippen LogP contribution in [0.5, 0.6) is 0 Å². The van der Waals surface area contributed by atoms with Gasteiger partial charge in [-0.05, 0) is 30.3 Å². The van der Waals surface area contributed by atoms with Gasteiger partial charge < -0.3 is 40.1 Å². The number of nitrogens with two attached hydrogens (primary N) is 1. The molecule has 5 rings (SSSR count). The summed E-state index contributed by atoms with van der Waals surface area (Å²) in [5.74, 6) is -2.41. The van der Waals surface area contributed by atoms with Gasteiger partial charge >= 0.3 is 0 Å². The van der Waals surface area contributed by atoms with Gasteiger partial charge in [0.25, 0.3) is 29.5 Å². The zero-order valence-corrected chi connectivity index (χ0v) is 27.1. The molecule has 1 atom stereocenters. The average molecular weight is 679 g/mol. The van der Waals surface area contributed by atoms with E-state index in [4.69, 9.17) is 15.9 Å². The fourth-order valence-corrected chi connectivity index (χ4v) is 4.73. The van der Waals surface area contributed by atoms with E-state index in [2.05, 4.69) is 21.4 Å². The van der Waals surface area contributed by atoms with Crippen LogP contribution in [0, 0.1) is 5.41 Å². The number of anilines is 3. The minimum absolute atomic E-state index is 0. The molecule has 1 unspecified atom stereocenters. The number of halogens is 1. The van der Waals surface area contributed by atoms with Gasteiger partial charge in [-0.15, -0.1) is 12.4 Å². The average Bonchev–Trinajstić information content (AvgIpc) is 3.58. The Morgan fingerprint density at radius 3 is 1.92 bits per heavy atom. The number of amides is 5. The third kappa shape index (κ3) is 8.09. The third-order valence-electron chi connectivity index (χ3n) is 7.22. The lowest BCUT2D eigenvalue weighted by Crippen LogP contribution is -2.48. The molecular weight excluding hydrogens is 644 g/mol. The summed E-state index contributed by atoms with van der Waals surface area (Å²) in [5, 5.41) is 16.5. The molecule has 1 aliphatic heterocycles. The third-order valence-corrected chi connectivity index (χ3v) is 7.22. The lowest BCUT2D eigenvalue weighted by Gasteiger charge is -2.21. The van der Waals surface area contributed by atoms with E-state index in [1.165, 1.54) is 33.5 Å². The molecule has 3 aromatic heterocycles. The lowest BCUT2D eigenvalue weighted by atomic mass is 10.2. The maximum atomic E-state index is 13.3. The van der Waals surface area contributed by atoms with E-state index in [1.807, 2.05) is 0 Å². The first-order chi connectivity index (χ1) is 22.4. The zero-order chi connectivity index (χ0) is 33.8. The van der Waals surface area contributed by atoms with Crippen molar-refractivity contribution >= 4 is 64.8 Å². The molecule has 1 aliphatic rings. The van der Waals surface area contributed by atoms with Gasteiger partial charge in [-0.3, -0.25) is 34.8 Å². The van der Waals surface area contributed by atoms with Gasteiger partial charge in [0.15, 0.2) is 6.10 Å². The molecule has 1 aromatic carbocycles. The normalized spacial score (nSPS) is 13.1. The summed E-state index contributed by atoms with van der Waals surface area (Å²) in [6, 6.07) is 12.9. The van der Waals surface area contributed by atoms with Crippen LogP contribution in [-0.2, 0) is 30.7 Å². The Hall–Kier alpha value is -5.87. The SMILES string of the molecule is Cl.Cn1cc(NC(=O)c2cc(NC(=O)c3cc(N(NC(=O)C4CO4)C(=O)c4ccccc4)cn3C)cn2C)cc1C(=O)NCCC(=N)N. The standard InChI is InChI=1S/C31H34N10O6.ClH/c1-38-14-19(11-22(38)27(42)34-10-9-26(32)33)35-28(43)23-12-20(15-39(23)2)36-29(44)24-13-21(16-40(24)3)41(37-30(45)25-17-47-25)31(46)18-7-5-4-6-8-18;/h4-8,11-16,25H,9-10,17H2,1-3H3,(H3,32,33)(H,34,42)(H,35,43)(H,36,44)(H,37,45);1H. The fraction of sp³-hybridized carbons (Fsp3) is 0.226. The molecule has 7 N–H and O–H groups in total. The van der Waals surface area contributed by atoms with E-state index in [0.29, 0.717) is 22.6 Å². The monoisotopic (exact) mass is 678 g/mol. The van der Waals surface area contributed by atoms with Crippen LogP contribution in [0.1, 0.15) is 48.2 Å². The molecule has 0 saturated carbocycles. The van der Waals surface area contributed by atoms with Crippen LogP contribution in [0.15, 0.2) is 67.1 Å². The largest absolute Gasteiger partial charge is 0.388 e. The van der Waals surface area contributed by atoms with Crippen LogP contribution >= 0.6 is 12.4 Å². The number of aromatic nitrogens is 3. The van der Waals surface area contributed by atoms with Gasteiger partial charge in [0, 0.05) is 58.3 Å². The van der Waals surface area contributed by atoms with Crippen molar-refractivity contribution in [1.82, 2.24) is 24.4 Å². The van der Waals surface area contributed by atoms with E-state index in [9.17, 15) is 24.0 Å². The van der Waals surface area contributed by atoms with Crippen LogP contribution in [-0.4, -0.2) is 68.3 Å². The summed E-state index contributed by atoms with van der Waals surface area (Å²) in [6.45, 7) is 0.463. The molecule has 0 aliphatic carbocycles. The van der Waals surface area contributed by atoms with Gasteiger partial charge in [0.1, 0.15) is 17.1 Å². The Bertz CT molecular complexity index is 1870. The van der Waals surface area contributed by atoms with Crippen LogP contribution in [0.25, 0.3) is 0 Å². The smallest absolute Gasteiger partial charge is 0.277 e. The summed E-state index contributed by atoms with van der Waals surface area (Å²) in [7, 11) is 4.92. The van der Waals surface area contributed by atoms with Gasteiger partial charge in [-0.1, -0.05) is 18.2 Å². The van der Waals surface area contributed by atoms with Crippen LogP contribution < -0.4 is 32.1 Å². The number of aryl methyl sites for hydroxylation is 3. The van der Waals surface area contributed by atoms with E-state index >= 15 is 0 Å². The number of amidine groups is 1. The number of carbonyl (C=O) groups is 5. The number of hydrazine groups is 1. The molecule has 5 amide bonds. The predicted molar refractivity (Wildman–Crippen MR) is 179 cm³/mol. The summed E-state index contributed by atoms with van der Waals surface area (Å²) in [6.07, 6.45) is 4.26. The lowest BCUT2D eigenvalue weighted by molar-refractivity contribution is -0.122. The number of rotatable bonds is 11. The second kappa shape index (κ2) is 14.7. The molecule has 1 saturated heterocycles. The molecule has 17 heteroatoms. The number of hydrogen-bond donors (Lipinski definition) is 6. The Morgan fingerprint density at radius 2 is 1.38 bits per heavy atom. The predicted octanol–water partition coefficient (Wildman–Crippen LogP) is 1.76. The molecule has 4 aromatic rings. The van der Waals surface area contributed by atoms with Gasteiger partial charge in [-0.25, -0.2) is 5.01 Å². The van der Waals surface area contributed by atoms with E-state index in [0.717, 1.165) is 5.01 Å². The number of epoxide rings is 1. The quantitative estimate of drug-likeness (QED) is 0.0598. The number of nitrogens with zero attached hydrogens (tertiary/aromatic N) is 4. The van der Waals surface area contributed by atoms with Crippen molar-refractivity contribution in [3.05, 3.63) is 89.8 Å². The van der Waals surface area contributed by atoms with E-state index in [1.54, 1.807) is 68.4 Å². The molecule has 252 valence electrons. The maximum Gasteiger partial charge on any atom is 0.277 e. The van der Waals surface area contributed by atoms with Crippen molar-refractivity contribution in [3.63, 3.8) is 0 Å². The molecule has 48 heavy (non-hydrogen) atoms. The van der Waals surface area contributed by atoms with Crippen molar-refractivity contribution in [2.75, 3.05) is 28.8 Å². The first-order valence-corrected chi connectivity index (χ1v) is 14.5. The topological polar surface area (TPSA) is 214 Å². The minimum atomic E-state index is -0.649. The molecule has 0 radical (unpaired) electrons. The second-order valence-corrected chi connectivity index (χ2v) is 10.9. The summed E-state index contributed by atoms with van der Waals surface area (Å²) >= 11 is 0. The van der Waals surface area contributed by atoms with Gasteiger partial charge in [0.05, 0.1) is 29.5 Å². The van der Waals surface area contributed by atoms with E-state index in [-0.39, 0.29) is 60.8 Å². The second-order valence-electron chi connectivity index (χ2n) is 10.9. The summed E-state index contributed by atoms with van der Waals surface area (Å²) in [4.78, 5) is 64.8. The molecule has 16 nitrogen and oxygen atoms in total. The van der Waals surface area contributed by atoms with Crippen molar-refractivity contribution in [3.8, 4) is 0 Å². The van der Waals surface area contributed by atoms with Crippen LogP contribution in [0.3, 0.4) is 0 Å². The Kier molecular flexibility index (Phi) is 10.7. The minimum Gasteiger partial charge on any atom is -0.388 e. The Morgan fingerprint density at radius 1 is 0.854 bits per heavy atom. The number of carbonyl (C=O) groups excluding carboxylic acids is 5. The maximum absolute atomic E-state index is 13.3. The van der Waals surface area contributed by atoms with E-state index < -0.39 is 29.7 Å². The fourth-order valence-electron chi connectivity index (χ4n) is 4.73. The molecule has 1 fully saturated rings. The number of hydrogen-bond acceptors (Lipinski definition) is 7. The molecular formula is C31H35ClN10O6. The number of benzene rings is 1. The number of ether oxygens (including phenoxy) is 1. The van der Waals surface area contributed by atoms with Crippen molar-refractivity contribution in [2.45, 2.75) is 12.5 Å². The van der Waals surface area contributed by atoms with Crippen LogP contribution in [0.2, 0.25) is 0 Å². The Labute approximate surface area is 281 Å². The summed E-state index contributed by atoms with van der Waals surface area (Å²) in [5.41, 5.74) is 9.91. The first kappa shape index (κ1) is 35.0. The molecule has 0 spiro atoms. The highest BCUT2D eigenvalue weighted by Crippen LogP contribution is 2.23. The zero-order valence-electron chi connectivity index (χ0n) is 26.3. The van der Waals surface area contributed by atoms with Gasteiger partial charge in [0.2, 0.25) is 0 Å². The first-order valence-electron chi connectivity index (χ1n) is 14.5. The highest BCUT2D eigenvalue weighted by Gasteiger charge is 2.34. The highest BCUT2D eigenvalue weighted by atomic mass is 35.5. The Balaban J connectivity index is 0.00000520. The molecule has 4 heterocycles. The van der Waals surface area contributed by atoms with Gasteiger partial charge in [-0.2, -0.15) is 0 Å². The summed E-state index contributed by atoms with van der Waals surface area (Å²) < 4.78 is 9.65.